The molecule has 20 heavy (non-hydrogen) atoms. The molecule has 0 saturated carbocycles. The Morgan fingerprint density at radius 2 is 2.15 bits per heavy atom. The molecule has 0 atom stereocenters. The molecule has 4 nitrogen and oxygen atoms in total. The van der Waals surface area contributed by atoms with Crippen molar-refractivity contribution in [2.75, 3.05) is 18.8 Å². The van der Waals surface area contributed by atoms with Gasteiger partial charge in [-0.25, -0.2) is 4.98 Å². The Kier molecular flexibility index (Phi) is 3.38. The van der Waals surface area contributed by atoms with Crippen LogP contribution in [0, 0.1) is 0 Å². The molecule has 1 aliphatic rings. The summed E-state index contributed by atoms with van der Waals surface area (Å²) in [6.45, 7) is 5.37. The van der Waals surface area contributed by atoms with Gasteiger partial charge in [-0.3, -0.25) is 4.79 Å². The van der Waals surface area contributed by atoms with Gasteiger partial charge in [-0.1, -0.05) is 0 Å². The van der Waals surface area contributed by atoms with Gasteiger partial charge in [0.2, 0.25) is 0 Å². The smallest absolute Gasteiger partial charge is 0.266 e. The molecule has 5 heteroatoms. The molecule has 0 aromatic carbocycles. The quantitative estimate of drug-likeness (QED) is 0.945. The average Bonchev–Trinajstić information content (AvgIpc) is 3.02. The molecule has 0 fully saturated rings. The third-order valence-corrected chi connectivity index (χ3v) is 5.10. The van der Waals surface area contributed by atoms with E-state index in [0.717, 1.165) is 23.1 Å². The largest absolute Gasteiger partial charge is 0.397 e. The Hall–Kier alpha value is -1.62. The van der Waals surface area contributed by atoms with Crippen LogP contribution >= 0.6 is 11.3 Å². The lowest BCUT2D eigenvalue weighted by Crippen LogP contribution is -2.30. The first-order valence-corrected chi connectivity index (χ1v) is 7.97. The van der Waals surface area contributed by atoms with Crippen LogP contribution in [0.4, 0.5) is 5.69 Å². The molecule has 0 bridgehead atoms. The number of hydrogen-bond donors (Lipinski definition) is 1. The van der Waals surface area contributed by atoms with Crippen molar-refractivity contribution < 1.29 is 4.79 Å². The van der Waals surface area contributed by atoms with E-state index >= 15 is 0 Å². The first-order chi connectivity index (χ1) is 9.65. The van der Waals surface area contributed by atoms with Gasteiger partial charge in [-0.15, -0.1) is 11.3 Å². The van der Waals surface area contributed by atoms with Crippen LogP contribution in [0.3, 0.4) is 0 Å². The summed E-state index contributed by atoms with van der Waals surface area (Å²) >= 11 is 1.43. The van der Waals surface area contributed by atoms with E-state index in [-0.39, 0.29) is 5.91 Å². The fourth-order valence-corrected chi connectivity index (χ4v) is 3.88. The number of nitrogen functional groups attached to an aromatic ring is 1. The third kappa shape index (κ3) is 1.97. The minimum atomic E-state index is 0.0238. The summed E-state index contributed by atoms with van der Waals surface area (Å²) in [5.74, 6) is 0.0238. The summed E-state index contributed by atoms with van der Waals surface area (Å²) < 4.78 is 0. The van der Waals surface area contributed by atoms with Gasteiger partial charge in [0.05, 0.1) is 5.69 Å². The molecule has 2 N–H and O–H groups in total. The summed E-state index contributed by atoms with van der Waals surface area (Å²) in [6, 6.07) is 2.13. The summed E-state index contributed by atoms with van der Waals surface area (Å²) in [7, 11) is 0. The molecule has 0 aliphatic heterocycles. The fourth-order valence-electron chi connectivity index (χ4n) is 2.81. The lowest BCUT2D eigenvalue weighted by molar-refractivity contribution is 0.0779. The summed E-state index contributed by atoms with van der Waals surface area (Å²) in [6.07, 6.45) is 3.29. The van der Waals surface area contributed by atoms with Crippen LogP contribution in [0.15, 0.2) is 6.07 Å². The van der Waals surface area contributed by atoms with E-state index < -0.39 is 0 Å². The highest BCUT2D eigenvalue weighted by Crippen LogP contribution is 2.36. The second-order valence-corrected chi connectivity index (χ2v) is 6.12. The minimum absolute atomic E-state index is 0.0238. The van der Waals surface area contributed by atoms with Gasteiger partial charge in [0, 0.05) is 24.2 Å². The molecule has 1 aliphatic carbocycles. The number of thiophene rings is 1. The molecular formula is C15H19N3OS. The second kappa shape index (κ2) is 5.05. The lowest BCUT2D eigenvalue weighted by Gasteiger charge is -2.17. The maximum atomic E-state index is 12.5. The van der Waals surface area contributed by atoms with Crippen molar-refractivity contribution >= 4 is 33.1 Å². The van der Waals surface area contributed by atoms with Crippen LogP contribution in [0.2, 0.25) is 0 Å². The number of anilines is 1. The number of pyridine rings is 1. The minimum Gasteiger partial charge on any atom is -0.397 e. The first-order valence-electron chi connectivity index (χ1n) is 7.15. The van der Waals surface area contributed by atoms with Crippen molar-refractivity contribution in [1.82, 2.24) is 9.88 Å². The van der Waals surface area contributed by atoms with E-state index in [1.54, 1.807) is 4.90 Å². The number of aromatic nitrogens is 1. The predicted octanol–water partition coefficient (Wildman–Crippen LogP) is 2.85. The van der Waals surface area contributed by atoms with Crippen molar-refractivity contribution in [2.24, 2.45) is 0 Å². The number of amides is 1. The van der Waals surface area contributed by atoms with Crippen LogP contribution in [0.1, 0.15) is 41.2 Å². The Labute approximate surface area is 122 Å². The molecular weight excluding hydrogens is 270 g/mol. The Balaban J connectivity index is 2.09. The number of fused-ring (bicyclic) bond motifs is 2. The maximum Gasteiger partial charge on any atom is 0.266 e. The van der Waals surface area contributed by atoms with Gasteiger partial charge in [-0.05, 0) is 44.7 Å². The standard InChI is InChI=1S/C15H19N3OS/c1-3-18(4-2)15(19)13-12(16)10-8-9-6-5-7-11(9)17-14(10)20-13/h8H,3-7,16H2,1-2H3. The normalized spacial score (nSPS) is 13.7. The molecule has 0 unspecified atom stereocenters. The summed E-state index contributed by atoms with van der Waals surface area (Å²) in [4.78, 5) is 20.5. The lowest BCUT2D eigenvalue weighted by atomic mass is 10.1. The number of nitrogens with zero attached hydrogens (tertiary/aromatic N) is 2. The van der Waals surface area contributed by atoms with Crippen LogP contribution in [-0.4, -0.2) is 28.9 Å². The van der Waals surface area contributed by atoms with Crippen molar-refractivity contribution in [3.05, 3.63) is 22.2 Å². The highest BCUT2D eigenvalue weighted by Gasteiger charge is 2.23. The van der Waals surface area contributed by atoms with E-state index in [1.165, 1.54) is 29.0 Å². The van der Waals surface area contributed by atoms with E-state index in [9.17, 15) is 4.79 Å². The molecule has 2 aromatic heterocycles. The Bertz CT molecular complexity index is 673. The number of carbonyl (C=O) groups is 1. The monoisotopic (exact) mass is 289 g/mol. The fraction of sp³-hybridized carbons (Fsp3) is 0.467. The van der Waals surface area contributed by atoms with Crippen molar-refractivity contribution in [1.29, 1.82) is 0 Å². The van der Waals surface area contributed by atoms with Gasteiger partial charge < -0.3 is 10.6 Å². The Morgan fingerprint density at radius 3 is 2.85 bits per heavy atom. The zero-order valence-corrected chi connectivity index (χ0v) is 12.7. The summed E-state index contributed by atoms with van der Waals surface area (Å²) in [5.41, 5.74) is 9.28. The molecule has 2 heterocycles. The summed E-state index contributed by atoms with van der Waals surface area (Å²) in [5, 5.41) is 0.950. The molecule has 1 amide bonds. The molecule has 0 spiro atoms. The van der Waals surface area contributed by atoms with Gasteiger partial charge in [-0.2, -0.15) is 0 Å². The number of aryl methyl sites for hydroxylation is 2. The molecule has 0 saturated heterocycles. The van der Waals surface area contributed by atoms with Crippen LogP contribution in [-0.2, 0) is 12.8 Å². The molecule has 106 valence electrons. The van der Waals surface area contributed by atoms with E-state index in [2.05, 4.69) is 6.07 Å². The van der Waals surface area contributed by atoms with E-state index in [0.29, 0.717) is 23.7 Å². The third-order valence-electron chi connectivity index (χ3n) is 3.99. The zero-order valence-electron chi connectivity index (χ0n) is 11.9. The highest BCUT2D eigenvalue weighted by molar-refractivity contribution is 7.21. The van der Waals surface area contributed by atoms with Gasteiger partial charge >= 0.3 is 0 Å². The van der Waals surface area contributed by atoms with Crippen molar-refractivity contribution in [3.8, 4) is 0 Å². The van der Waals surface area contributed by atoms with E-state index in [4.69, 9.17) is 10.7 Å². The average molecular weight is 289 g/mol. The van der Waals surface area contributed by atoms with Crippen molar-refractivity contribution in [2.45, 2.75) is 33.1 Å². The number of hydrogen-bond acceptors (Lipinski definition) is 4. The molecule has 0 radical (unpaired) electrons. The van der Waals surface area contributed by atoms with Crippen LogP contribution in [0.5, 0.6) is 0 Å². The van der Waals surface area contributed by atoms with Crippen LogP contribution in [0.25, 0.3) is 10.2 Å². The Morgan fingerprint density at radius 1 is 1.40 bits per heavy atom. The SMILES string of the molecule is CCN(CC)C(=O)c1sc2nc3c(cc2c1N)CCC3. The number of carbonyl (C=O) groups excluding carboxylic acids is 1. The zero-order chi connectivity index (χ0) is 14.3. The van der Waals surface area contributed by atoms with Crippen LogP contribution < -0.4 is 5.73 Å². The van der Waals surface area contributed by atoms with Gasteiger partial charge in [0.1, 0.15) is 9.71 Å². The van der Waals surface area contributed by atoms with Gasteiger partial charge in [0.15, 0.2) is 0 Å². The number of nitrogens with two attached hydrogens (primary N) is 1. The molecule has 2 aromatic rings. The molecule has 3 rings (SSSR count). The first kappa shape index (κ1) is 13.4. The second-order valence-electron chi connectivity index (χ2n) is 5.12. The maximum absolute atomic E-state index is 12.5. The van der Waals surface area contributed by atoms with E-state index in [1.807, 2.05) is 13.8 Å². The predicted molar refractivity (Wildman–Crippen MR) is 83.3 cm³/mol. The number of rotatable bonds is 3. The van der Waals surface area contributed by atoms with Gasteiger partial charge in [0.25, 0.3) is 5.91 Å². The topological polar surface area (TPSA) is 59.2 Å². The van der Waals surface area contributed by atoms with Crippen molar-refractivity contribution in [3.63, 3.8) is 0 Å². The highest BCUT2D eigenvalue weighted by atomic mass is 32.1.